The van der Waals surface area contributed by atoms with Gasteiger partial charge in [-0.3, -0.25) is 0 Å². The lowest BCUT2D eigenvalue weighted by Crippen LogP contribution is -2.08. The van der Waals surface area contributed by atoms with Gasteiger partial charge in [0.25, 0.3) is 0 Å². The minimum absolute atomic E-state index is 0.269. The van der Waals surface area contributed by atoms with Gasteiger partial charge in [-0.1, -0.05) is 30.3 Å². The number of nitrogens with one attached hydrogen (secondary N) is 2. The van der Waals surface area contributed by atoms with Gasteiger partial charge >= 0.3 is 0 Å². The number of benzene rings is 2. The molecule has 0 saturated carbocycles. The Morgan fingerprint density at radius 2 is 1.71 bits per heavy atom. The minimum atomic E-state index is -0.269. The van der Waals surface area contributed by atoms with E-state index in [0.29, 0.717) is 5.95 Å². The Labute approximate surface area is 140 Å². The molecule has 0 aliphatic carbocycles. The third-order valence-electron chi connectivity index (χ3n) is 3.52. The van der Waals surface area contributed by atoms with Crippen LogP contribution in [-0.2, 0) is 6.42 Å². The Morgan fingerprint density at radius 3 is 2.46 bits per heavy atom. The van der Waals surface area contributed by atoms with Crippen molar-refractivity contribution in [2.45, 2.75) is 13.3 Å². The zero-order valence-corrected chi connectivity index (χ0v) is 13.5. The maximum Gasteiger partial charge on any atom is 0.229 e. The van der Waals surface area contributed by atoms with Crippen LogP contribution in [-0.4, -0.2) is 16.5 Å². The van der Waals surface area contributed by atoms with Gasteiger partial charge in [0, 0.05) is 24.0 Å². The molecule has 3 rings (SSSR count). The summed E-state index contributed by atoms with van der Waals surface area (Å²) >= 11 is 0. The Bertz CT molecular complexity index is 788. The summed E-state index contributed by atoms with van der Waals surface area (Å²) in [5.74, 6) is 0.987. The van der Waals surface area contributed by atoms with Crippen molar-refractivity contribution in [2.24, 2.45) is 0 Å². The average Bonchev–Trinajstić information content (AvgIpc) is 2.57. The van der Waals surface area contributed by atoms with Crippen LogP contribution < -0.4 is 10.6 Å². The molecule has 0 atom stereocenters. The molecule has 0 unspecified atom stereocenters. The van der Waals surface area contributed by atoms with Gasteiger partial charge in [-0.2, -0.15) is 4.98 Å². The summed E-state index contributed by atoms with van der Waals surface area (Å²) in [7, 11) is 0. The van der Waals surface area contributed by atoms with Crippen LogP contribution in [0.25, 0.3) is 0 Å². The summed E-state index contributed by atoms with van der Waals surface area (Å²) in [6.45, 7) is 2.70. The Kier molecular flexibility index (Phi) is 5.01. The van der Waals surface area contributed by atoms with E-state index < -0.39 is 0 Å². The lowest BCUT2D eigenvalue weighted by Gasteiger charge is -2.10. The lowest BCUT2D eigenvalue weighted by atomic mass is 10.1. The Hall–Kier alpha value is -2.95. The summed E-state index contributed by atoms with van der Waals surface area (Å²) < 4.78 is 13.0. The van der Waals surface area contributed by atoms with Crippen molar-refractivity contribution >= 4 is 17.5 Å². The monoisotopic (exact) mass is 322 g/mol. The van der Waals surface area contributed by atoms with Crippen molar-refractivity contribution in [1.29, 1.82) is 0 Å². The topological polar surface area (TPSA) is 49.8 Å². The van der Waals surface area contributed by atoms with Crippen molar-refractivity contribution in [3.63, 3.8) is 0 Å². The number of aryl methyl sites for hydroxylation is 1. The Balaban J connectivity index is 1.64. The predicted octanol–water partition coefficient (Wildman–Crippen LogP) is 4.32. The first kappa shape index (κ1) is 15.9. The second kappa shape index (κ2) is 7.55. The van der Waals surface area contributed by atoms with E-state index in [1.54, 1.807) is 12.1 Å². The third-order valence-corrected chi connectivity index (χ3v) is 3.52. The number of aromatic nitrogens is 2. The number of halogens is 1. The first-order valence-electron chi connectivity index (χ1n) is 7.85. The molecule has 1 heterocycles. The maximum atomic E-state index is 13.0. The molecule has 3 aromatic rings. The van der Waals surface area contributed by atoms with Crippen LogP contribution in [0.2, 0.25) is 0 Å². The highest BCUT2D eigenvalue weighted by molar-refractivity contribution is 5.55. The minimum Gasteiger partial charge on any atom is -0.370 e. The maximum absolute atomic E-state index is 13.0. The van der Waals surface area contributed by atoms with Crippen LogP contribution in [0, 0.1) is 12.7 Å². The van der Waals surface area contributed by atoms with Gasteiger partial charge in [0.1, 0.15) is 11.6 Å². The van der Waals surface area contributed by atoms with Gasteiger partial charge in [0.05, 0.1) is 0 Å². The van der Waals surface area contributed by atoms with Crippen LogP contribution in [0.5, 0.6) is 0 Å². The third kappa shape index (κ3) is 4.52. The lowest BCUT2D eigenvalue weighted by molar-refractivity contribution is 0.628. The number of rotatable bonds is 6. The van der Waals surface area contributed by atoms with E-state index in [4.69, 9.17) is 0 Å². The smallest absolute Gasteiger partial charge is 0.229 e. The van der Waals surface area contributed by atoms with Crippen molar-refractivity contribution < 1.29 is 4.39 Å². The summed E-state index contributed by atoms with van der Waals surface area (Å²) in [5, 5.41) is 6.41. The Morgan fingerprint density at radius 1 is 0.958 bits per heavy atom. The highest BCUT2D eigenvalue weighted by atomic mass is 19.1. The fraction of sp³-hybridized carbons (Fsp3) is 0.158. The summed E-state index contributed by atoms with van der Waals surface area (Å²) in [6, 6.07) is 18.3. The first-order valence-corrected chi connectivity index (χ1v) is 7.85. The molecule has 0 fully saturated rings. The van der Waals surface area contributed by atoms with Crippen molar-refractivity contribution in [3.05, 3.63) is 77.7 Å². The molecule has 2 aromatic carbocycles. The second-order valence-electron chi connectivity index (χ2n) is 5.51. The number of anilines is 3. The molecule has 0 aliphatic heterocycles. The predicted molar refractivity (Wildman–Crippen MR) is 95.1 cm³/mol. The van der Waals surface area contributed by atoms with Crippen molar-refractivity contribution in [2.75, 3.05) is 17.2 Å². The van der Waals surface area contributed by atoms with Gasteiger partial charge in [-0.05, 0) is 43.2 Å². The molecule has 2 N–H and O–H groups in total. The fourth-order valence-corrected chi connectivity index (χ4v) is 2.36. The normalized spacial score (nSPS) is 10.4. The molecule has 24 heavy (non-hydrogen) atoms. The zero-order chi connectivity index (χ0) is 16.8. The SMILES string of the molecule is Cc1cc(NCCc2ccccc2)nc(Nc2ccc(F)cc2)n1. The number of hydrogen-bond acceptors (Lipinski definition) is 4. The zero-order valence-electron chi connectivity index (χ0n) is 13.5. The van der Waals surface area contributed by atoms with E-state index >= 15 is 0 Å². The molecule has 1 aromatic heterocycles. The van der Waals surface area contributed by atoms with E-state index in [-0.39, 0.29) is 5.82 Å². The first-order chi connectivity index (χ1) is 11.7. The summed E-state index contributed by atoms with van der Waals surface area (Å²) in [6.07, 6.45) is 0.921. The summed E-state index contributed by atoms with van der Waals surface area (Å²) in [4.78, 5) is 8.82. The van der Waals surface area contributed by atoms with E-state index in [2.05, 4.69) is 32.7 Å². The van der Waals surface area contributed by atoms with Crippen LogP contribution in [0.4, 0.5) is 21.8 Å². The van der Waals surface area contributed by atoms with Crippen LogP contribution >= 0.6 is 0 Å². The highest BCUT2D eigenvalue weighted by Gasteiger charge is 2.03. The van der Waals surface area contributed by atoms with Crippen LogP contribution in [0.15, 0.2) is 60.7 Å². The molecule has 4 nitrogen and oxygen atoms in total. The molecule has 0 aliphatic rings. The largest absolute Gasteiger partial charge is 0.370 e. The second-order valence-corrected chi connectivity index (χ2v) is 5.51. The van der Waals surface area contributed by atoms with Gasteiger partial charge in [-0.15, -0.1) is 0 Å². The standard InChI is InChI=1S/C19H19FN4/c1-14-13-18(21-12-11-15-5-3-2-4-6-15)24-19(22-14)23-17-9-7-16(20)8-10-17/h2-10,13H,11-12H2,1H3,(H2,21,22,23,24). The fourth-order valence-electron chi connectivity index (χ4n) is 2.36. The molecule has 0 bridgehead atoms. The summed E-state index contributed by atoms with van der Waals surface area (Å²) in [5.41, 5.74) is 2.88. The number of nitrogens with zero attached hydrogens (tertiary/aromatic N) is 2. The molecular formula is C19H19FN4. The van der Waals surface area contributed by atoms with E-state index in [1.165, 1.54) is 17.7 Å². The molecule has 0 radical (unpaired) electrons. The van der Waals surface area contributed by atoms with Gasteiger partial charge in [0.2, 0.25) is 5.95 Å². The molecule has 0 spiro atoms. The van der Waals surface area contributed by atoms with Gasteiger partial charge < -0.3 is 10.6 Å². The molecular weight excluding hydrogens is 303 g/mol. The van der Waals surface area contributed by atoms with Crippen molar-refractivity contribution in [3.8, 4) is 0 Å². The van der Waals surface area contributed by atoms with Crippen molar-refractivity contribution in [1.82, 2.24) is 9.97 Å². The molecule has 0 amide bonds. The highest BCUT2D eigenvalue weighted by Crippen LogP contribution is 2.16. The van der Waals surface area contributed by atoms with E-state index in [1.807, 2.05) is 31.2 Å². The molecule has 122 valence electrons. The average molecular weight is 322 g/mol. The molecule has 0 saturated heterocycles. The van der Waals surface area contributed by atoms with E-state index in [9.17, 15) is 4.39 Å². The number of hydrogen-bond donors (Lipinski definition) is 2. The molecule has 5 heteroatoms. The van der Waals surface area contributed by atoms with Gasteiger partial charge in [-0.25, -0.2) is 9.37 Å². The van der Waals surface area contributed by atoms with Crippen LogP contribution in [0.3, 0.4) is 0 Å². The van der Waals surface area contributed by atoms with E-state index in [0.717, 1.165) is 30.2 Å². The van der Waals surface area contributed by atoms with Gasteiger partial charge in [0.15, 0.2) is 0 Å². The van der Waals surface area contributed by atoms with Crippen LogP contribution in [0.1, 0.15) is 11.3 Å². The quantitative estimate of drug-likeness (QED) is 0.709.